The van der Waals surface area contributed by atoms with Gasteiger partial charge in [-0.1, -0.05) is 0 Å². The van der Waals surface area contributed by atoms with E-state index in [0.29, 0.717) is 23.6 Å². The number of hydrogen-bond acceptors (Lipinski definition) is 4. The molecular formula is C17H18N4O2. The number of nitrogens with zero attached hydrogens (tertiary/aromatic N) is 2. The summed E-state index contributed by atoms with van der Waals surface area (Å²) in [5.41, 5.74) is 1.04. The second-order valence-electron chi connectivity index (χ2n) is 5.61. The molecule has 0 aromatic carbocycles. The van der Waals surface area contributed by atoms with E-state index in [1.807, 2.05) is 0 Å². The van der Waals surface area contributed by atoms with Crippen molar-refractivity contribution in [1.29, 1.82) is 0 Å². The fourth-order valence-electron chi connectivity index (χ4n) is 2.38. The highest BCUT2D eigenvalue weighted by Gasteiger charge is 2.32. The van der Waals surface area contributed by atoms with Gasteiger partial charge in [0.15, 0.2) is 0 Å². The molecule has 2 amide bonds. The van der Waals surface area contributed by atoms with Gasteiger partial charge in [-0.3, -0.25) is 19.6 Å². The third kappa shape index (κ3) is 4.12. The highest BCUT2D eigenvalue weighted by molar-refractivity contribution is 5.95. The van der Waals surface area contributed by atoms with Crippen LogP contribution in [0.1, 0.15) is 33.6 Å². The first-order valence-corrected chi connectivity index (χ1v) is 7.63. The normalized spacial score (nSPS) is 14.8. The summed E-state index contributed by atoms with van der Waals surface area (Å²) >= 11 is 0. The minimum Gasteiger partial charge on any atom is -0.350 e. The summed E-state index contributed by atoms with van der Waals surface area (Å²) in [6.07, 6.45) is 8.45. The Morgan fingerprint density at radius 1 is 1.04 bits per heavy atom. The smallest absolute Gasteiger partial charge is 0.253 e. The van der Waals surface area contributed by atoms with E-state index in [9.17, 15) is 9.59 Å². The predicted octanol–water partition coefficient (Wildman–Crippen LogP) is 1.41. The second-order valence-corrected chi connectivity index (χ2v) is 5.61. The minimum atomic E-state index is -0.181. The van der Waals surface area contributed by atoms with Gasteiger partial charge in [0.1, 0.15) is 0 Å². The van der Waals surface area contributed by atoms with E-state index in [0.717, 1.165) is 12.8 Å². The van der Waals surface area contributed by atoms with Gasteiger partial charge in [0, 0.05) is 37.4 Å². The maximum absolute atomic E-state index is 12.2. The van der Waals surface area contributed by atoms with E-state index >= 15 is 0 Å². The standard InChI is InChI=1S/C17H18N4O2/c22-16(13-3-1-7-18-9-13)20-11-15(12-5-6-12)21-17(23)14-4-2-8-19-10-14/h1-4,7-10,12,15H,5-6,11H2,(H,20,22)(H,21,23). The van der Waals surface area contributed by atoms with Crippen LogP contribution in [-0.2, 0) is 0 Å². The molecule has 0 bridgehead atoms. The maximum atomic E-state index is 12.2. The third-order valence-electron chi connectivity index (χ3n) is 3.84. The van der Waals surface area contributed by atoms with Crippen molar-refractivity contribution >= 4 is 11.8 Å². The fraction of sp³-hybridized carbons (Fsp3) is 0.294. The molecule has 6 heteroatoms. The molecular weight excluding hydrogens is 292 g/mol. The van der Waals surface area contributed by atoms with Gasteiger partial charge in [-0.05, 0) is 43.0 Å². The van der Waals surface area contributed by atoms with Gasteiger partial charge < -0.3 is 10.6 Å². The van der Waals surface area contributed by atoms with Crippen LogP contribution in [-0.4, -0.2) is 34.4 Å². The molecule has 1 saturated carbocycles. The Morgan fingerprint density at radius 3 is 2.17 bits per heavy atom. The van der Waals surface area contributed by atoms with E-state index in [2.05, 4.69) is 20.6 Å². The SMILES string of the molecule is O=C(NCC(NC(=O)c1cccnc1)C1CC1)c1cccnc1. The molecule has 2 N–H and O–H groups in total. The van der Waals surface area contributed by atoms with Crippen LogP contribution >= 0.6 is 0 Å². The number of carbonyl (C=O) groups is 2. The fourth-order valence-corrected chi connectivity index (χ4v) is 2.38. The summed E-state index contributed by atoms with van der Waals surface area (Å²) in [6.45, 7) is 0.407. The van der Waals surface area contributed by atoms with Crippen LogP contribution in [0.15, 0.2) is 49.1 Å². The lowest BCUT2D eigenvalue weighted by atomic mass is 10.1. The molecule has 0 radical (unpaired) electrons. The van der Waals surface area contributed by atoms with Gasteiger partial charge in [-0.25, -0.2) is 0 Å². The Hall–Kier alpha value is -2.76. The highest BCUT2D eigenvalue weighted by atomic mass is 16.2. The first kappa shape index (κ1) is 15.1. The Morgan fingerprint density at radius 2 is 1.65 bits per heavy atom. The van der Waals surface area contributed by atoms with Crippen molar-refractivity contribution in [3.8, 4) is 0 Å². The minimum absolute atomic E-state index is 0.0664. The van der Waals surface area contributed by atoms with E-state index < -0.39 is 0 Å². The quantitative estimate of drug-likeness (QED) is 0.845. The van der Waals surface area contributed by atoms with E-state index in [-0.39, 0.29) is 17.9 Å². The monoisotopic (exact) mass is 310 g/mol. The zero-order valence-electron chi connectivity index (χ0n) is 12.6. The van der Waals surface area contributed by atoms with Gasteiger partial charge >= 0.3 is 0 Å². The molecule has 3 rings (SSSR count). The molecule has 2 aromatic heterocycles. The Labute approximate surface area is 134 Å². The predicted molar refractivity (Wildman–Crippen MR) is 84.8 cm³/mol. The van der Waals surface area contributed by atoms with Crippen molar-refractivity contribution in [3.63, 3.8) is 0 Å². The topological polar surface area (TPSA) is 84.0 Å². The molecule has 1 fully saturated rings. The third-order valence-corrected chi connectivity index (χ3v) is 3.84. The van der Waals surface area contributed by atoms with E-state index in [1.54, 1.807) is 36.7 Å². The molecule has 6 nitrogen and oxygen atoms in total. The molecule has 23 heavy (non-hydrogen) atoms. The van der Waals surface area contributed by atoms with Crippen LogP contribution in [0, 0.1) is 5.92 Å². The molecule has 1 aliphatic rings. The number of nitrogens with one attached hydrogen (secondary N) is 2. The number of aromatic nitrogens is 2. The number of pyridine rings is 2. The van der Waals surface area contributed by atoms with E-state index in [1.165, 1.54) is 12.4 Å². The molecule has 0 spiro atoms. The number of hydrogen-bond donors (Lipinski definition) is 2. The Balaban J connectivity index is 1.57. The van der Waals surface area contributed by atoms with Crippen LogP contribution in [0.5, 0.6) is 0 Å². The Bertz CT molecular complexity index is 672. The molecule has 118 valence electrons. The van der Waals surface area contributed by atoms with Gasteiger partial charge in [-0.15, -0.1) is 0 Å². The van der Waals surface area contributed by atoms with Crippen LogP contribution in [0.3, 0.4) is 0 Å². The van der Waals surface area contributed by atoms with Crippen LogP contribution < -0.4 is 10.6 Å². The van der Waals surface area contributed by atoms with Gasteiger partial charge in [-0.2, -0.15) is 0 Å². The number of amides is 2. The zero-order valence-corrected chi connectivity index (χ0v) is 12.6. The molecule has 0 saturated heterocycles. The molecule has 0 aliphatic heterocycles. The molecule has 2 aromatic rings. The largest absolute Gasteiger partial charge is 0.350 e. The van der Waals surface area contributed by atoms with Crippen molar-refractivity contribution in [2.24, 2.45) is 5.92 Å². The summed E-state index contributed by atoms with van der Waals surface area (Å²) in [6, 6.07) is 6.81. The van der Waals surface area contributed by atoms with Crippen molar-refractivity contribution in [2.45, 2.75) is 18.9 Å². The summed E-state index contributed by atoms with van der Waals surface area (Å²) in [5, 5.41) is 5.86. The van der Waals surface area contributed by atoms with Crippen molar-refractivity contribution in [3.05, 3.63) is 60.2 Å². The Kier molecular flexibility index (Phi) is 4.61. The van der Waals surface area contributed by atoms with Crippen molar-refractivity contribution < 1.29 is 9.59 Å². The van der Waals surface area contributed by atoms with Gasteiger partial charge in [0.2, 0.25) is 0 Å². The van der Waals surface area contributed by atoms with Crippen LogP contribution in [0.2, 0.25) is 0 Å². The molecule has 1 unspecified atom stereocenters. The second kappa shape index (κ2) is 7.00. The summed E-state index contributed by atoms with van der Waals surface area (Å²) in [4.78, 5) is 32.2. The first-order valence-electron chi connectivity index (χ1n) is 7.63. The summed E-state index contributed by atoms with van der Waals surface area (Å²) in [5.74, 6) is 0.0785. The number of carbonyl (C=O) groups excluding carboxylic acids is 2. The first-order chi connectivity index (χ1) is 11.2. The molecule has 1 aliphatic carbocycles. The van der Waals surface area contributed by atoms with E-state index in [4.69, 9.17) is 0 Å². The van der Waals surface area contributed by atoms with Crippen LogP contribution in [0.4, 0.5) is 0 Å². The lowest BCUT2D eigenvalue weighted by Gasteiger charge is -2.19. The van der Waals surface area contributed by atoms with Crippen LogP contribution in [0.25, 0.3) is 0 Å². The molecule has 2 heterocycles. The average molecular weight is 310 g/mol. The highest BCUT2D eigenvalue weighted by Crippen LogP contribution is 2.32. The van der Waals surface area contributed by atoms with Crippen molar-refractivity contribution in [2.75, 3.05) is 6.54 Å². The number of rotatable bonds is 6. The summed E-state index contributed by atoms with van der Waals surface area (Å²) in [7, 11) is 0. The lowest BCUT2D eigenvalue weighted by molar-refractivity contribution is 0.0903. The molecule has 1 atom stereocenters. The summed E-state index contributed by atoms with van der Waals surface area (Å²) < 4.78 is 0. The van der Waals surface area contributed by atoms with Gasteiger partial charge in [0.05, 0.1) is 11.1 Å². The maximum Gasteiger partial charge on any atom is 0.253 e. The van der Waals surface area contributed by atoms with Gasteiger partial charge in [0.25, 0.3) is 11.8 Å². The average Bonchev–Trinajstić information content (AvgIpc) is 3.44. The van der Waals surface area contributed by atoms with Crippen molar-refractivity contribution in [1.82, 2.24) is 20.6 Å². The lowest BCUT2D eigenvalue weighted by Crippen LogP contribution is -2.45. The zero-order chi connectivity index (χ0) is 16.1.